The number of amides is 1. The molecule has 4 nitrogen and oxygen atoms in total. The molecule has 23 heavy (non-hydrogen) atoms. The summed E-state index contributed by atoms with van der Waals surface area (Å²) in [6.45, 7) is 6.15. The van der Waals surface area contributed by atoms with E-state index in [1.807, 2.05) is 25.1 Å². The number of anilines is 2. The van der Waals surface area contributed by atoms with Crippen LogP contribution in [0.3, 0.4) is 0 Å². The SMILES string of the molecule is CCN1CCc2ccc(NC(=O)c3ccc(C)c(OC)c3)cc21. The summed E-state index contributed by atoms with van der Waals surface area (Å²) in [7, 11) is 1.61. The highest BCUT2D eigenvalue weighted by molar-refractivity contribution is 6.04. The van der Waals surface area contributed by atoms with Gasteiger partial charge >= 0.3 is 0 Å². The van der Waals surface area contributed by atoms with Crippen molar-refractivity contribution in [3.63, 3.8) is 0 Å². The molecular formula is C19H22N2O2. The molecule has 4 heteroatoms. The molecule has 0 aliphatic carbocycles. The van der Waals surface area contributed by atoms with Gasteiger partial charge in [-0.1, -0.05) is 12.1 Å². The van der Waals surface area contributed by atoms with Crippen LogP contribution in [-0.2, 0) is 6.42 Å². The average molecular weight is 310 g/mol. The number of carbonyl (C=O) groups excluding carboxylic acids is 1. The minimum Gasteiger partial charge on any atom is -0.496 e. The molecule has 0 atom stereocenters. The van der Waals surface area contributed by atoms with Gasteiger partial charge in [-0.25, -0.2) is 0 Å². The van der Waals surface area contributed by atoms with E-state index in [0.29, 0.717) is 5.56 Å². The van der Waals surface area contributed by atoms with Crippen LogP contribution in [-0.4, -0.2) is 26.1 Å². The van der Waals surface area contributed by atoms with Crippen LogP contribution in [0.1, 0.15) is 28.4 Å². The van der Waals surface area contributed by atoms with E-state index in [2.05, 4.69) is 29.3 Å². The molecule has 0 aromatic heterocycles. The predicted octanol–water partition coefficient (Wildman–Crippen LogP) is 3.64. The van der Waals surface area contributed by atoms with Crippen molar-refractivity contribution in [1.82, 2.24) is 0 Å². The van der Waals surface area contributed by atoms with Crippen LogP contribution in [0.2, 0.25) is 0 Å². The van der Waals surface area contributed by atoms with Crippen LogP contribution in [0, 0.1) is 6.92 Å². The molecule has 120 valence electrons. The standard InChI is InChI=1S/C19H22N2O2/c1-4-21-10-9-14-7-8-16(12-17(14)21)20-19(22)15-6-5-13(2)18(11-15)23-3/h5-8,11-12H,4,9-10H2,1-3H3,(H,20,22). The molecule has 0 fully saturated rings. The van der Waals surface area contributed by atoms with E-state index in [-0.39, 0.29) is 5.91 Å². The lowest BCUT2D eigenvalue weighted by atomic mass is 10.1. The van der Waals surface area contributed by atoms with Gasteiger partial charge in [0.1, 0.15) is 5.75 Å². The zero-order valence-electron chi connectivity index (χ0n) is 13.8. The van der Waals surface area contributed by atoms with Crippen molar-refractivity contribution < 1.29 is 9.53 Å². The number of hydrogen-bond donors (Lipinski definition) is 1. The molecule has 1 N–H and O–H groups in total. The van der Waals surface area contributed by atoms with Crippen molar-refractivity contribution in [2.24, 2.45) is 0 Å². The number of benzene rings is 2. The van der Waals surface area contributed by atoms with Gasteiger partial charge in [-0.2, -0.15) is 0 Å². The van der Waals surface area contributed by atoms with Gasteiger partial charge in [-0.05, 0) is 55.7 Å². The number of rotatable bonds is 4. The number of aryl methyl sites for hydroxylation is 1. The summed E-state index contributed by atoms with van der Waals surface area (Å²) in [6.07, 6.45) is 1.08. The van der Waals surface area contributed by atoms with Crippen molar-refractivity contribution in [2.45, 2.75) is 20.3 Å². The van der Waals surface area contributed by atoms with Gasteiger partial charge in [-0.3, -0.25) is 4.79 Å². The van der Waals surface area contributed by atoms with E-state index in [4.69, 9.17) is 4.74 Å². The Bertz CT molecular complexity index is 740. The lowest BCUT2D eigenvalue weighted by Gasteiger charge is -2.17. The van der Waals surface area contributed by atoms with Crippen molar-refractivity contribution in [3.8, 4) is 5.75 Å². The van der Waals surface area contributed by atoms with E-state index in [1.54, 1.807) is 13.2 Å². The highest BCUT2D eigenvalue weighted by atomic mass is 16.5. The van der Waals surface area contributed by atoms with Gasteiger partial charge in [-0.15, -0.1) is 0 Å². The molecule has 2 aromatic carbocycles. The fraction of sp³-hybridized carbons (Fsp3) is 0.316. The number of ether oxygens (including phenoxy) is 1. The van der Waals surface area contributed by atoms with Gasteiger partial charge in [0.15, 0.2) is 0 Å². The fourth-order valence-electron chi connectivity index (χ4n) is 3.02. The Morgan fingerprint density at radius 2 is 2.09 bits per heavy atom. The van der Waals surface area contributed by atoms with E-state index in [9.17, 15) is 4.79 Å². The molecule has 1 aliphatic rings. The molecule has 0 unspecified atom stereocenters. The second kappa shape index (κ2) is 6.32. The number of likely N-dealkylation sites (N-methyl/N-ethyl adjacent to an activating group) is 1. The van der Waals surface area contributed by atoms with Crippen LogP contribution in [0.25, 0.3) is 0 Å². The zero-order chi connectivity index (χ0) is 16.4. The first-order valence-electron chi connectivity index (χ1n) is 7.96. The van der Waals surface area contributed by atoms with E-state index in [0.717, 1.165) is 36.5 Å². The van der Waals surface area contributed by atoms with Gasteiger partial charge in [0.2, 0.25) is 0 Å². The number of nitrogens with one attached hydrogen (secondary N) is 1. The van der Waals surface area contributed by atoms with Crippen molar-refractivity contribution in [2.75, 3.05) is 30.4 Å². The quantitative estimate of drug-likeness (QED) is 0.937. The smallest absolute Gasteiger partial charge is 0.255 e. The molecule has 0 saturated heterocycles. The largest absolute Gasteiger partial charge is 0.496 e. The Morgan fingerprint density at radius 3 is 2.83 bits per heavy atom. The lowest BCUT2D eigenvalue weighted by molar-refractivity contribution is 0.102. The maximum Gasteiger partial charge on any atom is 0.255 e. The monoisotopic (exact) mass is 310 g/mol. The molecule has 0 bridgehead atoms. The zero-order valence-corrected chi connectivity index (χ0v) is 13.8. The highest BCUT2D eigenvalue weighted by Crippen LogP contribution is 2.30. The first kappa shape index (κ1) is 15.4. The molecule has 1 heterocycles. The number of methoxy groups -OCH3 is 1. The topological polar surface area (TPSA) is 41.6 Å². The molecule has 1 aliphatic heterocycles. The van der Waals surface area contributed by atoms with E-state index < -0.39 is 0 Å². The molecule has 3 rings (SSSR count). The molecule has 0 radical (unpaired) electrons. The third-order valence-corrected chi connectivity index (χ3v) is 4.39. The summed E-state index contributed by atoms with van der Waals surface area (Å²) >= 11 is 0. The fourth-order valence-corrected chi connectivity index (χ4v) is 3.02. The lowest BCUT2D eigenvalue weighted by Crippen LogP contribution is -2.19. The summed E-state index contributed by atoms with van der Waals surface area (Å²) < 4.78 is 5.29. The van der Waals surface area contributed by atoms with Crippen molar-refractivity contribution in [1.29, 1.82) is 0 Å². The van der Waals surface area contributed by atoms with Crippen molar-refractivity contribution in [3.05, 3.63) is 53.1 Å². The second-order valence-electron chi connectivity index (χ2n) is 5.81. The van der Waals surface area contributed by atoms with Gasteiger partial charge in [0.25, 0.3) is 5.91 Å². The van der Waals surface area contributed by atoms with Crippen LogP contribution in [0.4, 0.5) is 11.4 Å². The highest BCUT2D eigenvalue weighted by Gasteiger charge is 2.18. The first-order chi connectivity index (χ1) is 11.1. The number of hydrogen-bond acceptors (Lipinski definition) is 3. The molecule has 0 spiro atoms. The Kier molecular flexibility index (Phi) is 4.24. The van der Waals surface area contributed by atoms with Gasteiger partial charge in [0, 0.05) is 30.0 Å². The maximum atomic E-state index is 12.5. The number of nitrogens with zero attached hydrogens (tertiary/aromatic N) is 1. The van der Waals surface area contributed by atoms with Gasteiger partial charge < -0.3 is 15.0 Å². The van der Waals surface area contributed by atoms with Crippen LogP contribution in [0.15, 0.2) is 36.4 Å². The van der Waals surface area contributed by atoms with Crippen LogP contribution < -0.4 is 15.0 Å². The minimum absolute atomic E-state index is 0.121. The van der Waals surface area contributed by atoms with Crippen molar-refractivity contribution >= 4 is 17.3 Å². The Hall–Kier alpha value is -2.49. The Morgan fingerprint density at radius 1 is 1.26 bits per heavy atom. The molecular weight excluding hydrogens is 288 g/mol. The van der Waals surface area contributed by atoms with Crippen LogP contribution in [0.5, 0.6) is 5.75 Å². The maximum absolute atomic E-state index is 12.5. The van der Waals surface area contributed by atoms with Crippen LogP contribution >= 0.6 is 0 Å². The Balaban J connectivity index is 1.81. The summed E-state index contributed by atoms with van der Waals surface area (Å²) in [5, 5.41) is 2.98. The summed E-state index contributed by atoms with van der Waals surface area (Å²) in [6, 6.07) is 11.6. The van der Waals surface area contributed by atoms with E-state index in [1.165, 1.54) is 11.3 Å². The molecule has 0 saturated carbocycles. The molecule has 1 amide bonds. The molecule has 2 aromatic rings. The first-order valence-corrected chi connectivity index (χ1v) is 7.96. The second-order valence-corrected chi connectivity index (χ2v) is 5.81. The summed E-state index contributed by atoms with van der Waals surface area (Å²) in [5.74, 6) is 0.605. The number of carbonyl (C=O) groups is 1. The summed E-state index contributed by atoms with van der Waals surface area (Å²) in [4.78, 5) is 14.8. The minimum atomic E-state index is -0.121. The summed E-state index contributed by atoms with van der Waals surface area (Å²) in [5.41, 5.74) is 5.02. The normalized spacial score (nSPS) is 12.9. The average Bonchev–Trinajstić information content (AvgIpc) is 2.97. The van der Waals surface area contributed by atoms with E-state index >= 15 is 0 Å². The third kappa shape index (κ3) is 3.02. The van der Waals surface area contributed by atoms with Gasteiger partial charge in [0.05, 0.1) is 7.11 Å². The third-order valence-electron chi connectivity index (χ3n) is 4.39. The number of fused-ring (bicyclic) bond motifs is 1. The predicted molar refractivity (Wildman–Crippen MR) is 93.7 cm³/mol. The Labute approximate surface area is 137 Å².